The number of hydrogen-bond acceptors (Lipinski definition) is 4. The number of aliphatic carboxylic acids is 1. The molecule has 1 aliphatic heterocycles. The van der Waals surface area contributed by atoms with Gasteiger partial charge in [-0.25, -0.2) is 0 Å². The summed E-state index contributed by atoms with van der Waals surface area (Å²) in [6.07, 6.45) is 0.381. The number of ether oxygens (including phenoxy) is 1. The lowest BCUT2D eigenvalue weighted by molar-refractivity contribution is -0.166. The molecule has 5 heteroatoms. The zero-order valence-electron chi connectivity index (χ0n) is 7.41. The van der Waals surface area contributed by atoms with Crippen molar-refractivity contribution in [3.8, 4) is 0 Å². The van der Waals surface area contributed by atoms with Crippen LogP contribution in [0.3, 0.4) is 0 Å². The van der Waals surface area contributed by atoms with Crippen molar-refractivity contribution in [1.29, 1.82) is 0 Å². The Kier molecular flexibility index (Phi) is 3.19. The van der Waals surface area contributed by atoms with E-state index in [-0.39, 0.29) is 6.61 Å². The van der Waals surface area contributed by atoms with Gasteiger partial charge in [-0.05, 0) is 19.1 Å². The average molecular weight is 204 g/mol. The van der Waals surface area contributed by atoms with Gasteiger partial charge in [0.05, 0.1) is 6.61 Å². The molecule has 0 spiro atoms. The van der Waals surface area contributed by atoms with Gasteiger partial charge in [-0.2, -0.15) is 11.8 Å². The lowest BCUT2D eigenvalue weighted by Crippen LogP contribution is -2.40. The van der Waals surface area contributed by atoms with Crippen LogP contribution in [0.25, 0.3) is 0 Å². The monoisotopic (exact) mass is 204 g/mol. The zero-order valence-corrected chi connectivity index (χ0v) is 8.23. The fourth-order valence-corrected chi connectivity index (χ4v) is 2.62. The zero-order chi connectivity index (χ0) is 9.90. The first-order valence-corrected chi connectivity index (χ1v) is 5.27. The van der Waals surface area contributed by atoms with Crippen LogP contribution in [0.1, 0.15) is 13.3 Å². The van der Waals surface area contributed by atoms with E-state index in [9.17, 15) is 9.59 Å². The van der Waals surface area contributed by atoms with Crippen molar-refractivity contribution in [2.24, 2.45) is 5.41 Å². The molecule has 1 heterocycles. The van der Waals surface area contributed by atoms with Gasteiger partial charge in [0.1, 0.15) is 0 Å². The van der Waals surface area contributed by atoms with Crippen LogP contribution >= 0.6 is 11.8 Å². The predicted octanol–water partition coefficient (Wildman–Crippen LogP) is 0.757. The highest BCUT2D eigenvalue weighted by atomic mass is 32.2. The third-order valence-electron chi connectivity index (χ3n) is 2.10. The van der Waals surface area contributed by atoms with Gasteiger partial charge < -0.3 is 9.84 Å². The molecule has 1 atom stereocenters. The maximum Gasteiger partial charge on any atom is 0.324 e. The molecule has 1 N–H and O–H groups in total. The number of rotatable bonds is 3. The third-order valence-corrected chi connectivity index (χ3v) is 3.29. The smallest absolute Gasteiger partial charge is 0.324 e. The molecular weight excluding hydrogens is 192 g/mol. The molecule has 0 aromatic rings. The maximum atomic E-state index is 11.4. The minimum Gasteiger partial charge on any atom is -0.480 e. The van der Waals surface area contributed by atoms with Crippen LogP contribution in [0.5, 0.6) is 0 Å². The van der Waals surface area contributed by atoms with E-state index < -0.39 is 17.4 Å². The largest absolute Gasteiger partial charge is 0.480 e. The van der Waals surface area contributed by atoms with E-state index in [4.69, 9.17) is 9.84 Å². The highest BCUT2D eigenvalue weighted by Crippen LogP contribution is 2.37. The molecule has 0 radical (unpaired) electrons. The molecule has 4 nitrogen and oxygen atoms in total. The molecule has 0 saturated carbocycles. The molecule has 13 heavy (non-hydrogen) atoms. The summed E-state index contributed by atoms with van der Waals surface area (Å²) in [7, 11) is 0. The third kappa shape index (κ3) is 1.80. The minimum atomic E-state index is -1.28. The van der Waals surface area contributed by atoms with Gasteiger partial charge in [0.15, 0.2) is 5.41 Å². The number of esters is 1. The number of carboxylic acid groups (broad SMARTS) is 1. The highest BCUT2D eigenvalue weighted by molar-refractivity contribution is 7.99. The SMILES string of the molecule is CCOC(=O)C1(C(=O)O)CCSC1. The lowest BCUT2D eigenvalue weighted by Gasteiger charge is -2.19. The topological polar surface area (TPSA) is 63.6 Å². The van der Waals surface area contributed by atoms with Crippen LogP contribution < -0.4 is 0 Å². The van der Waals surface area contributed by atoms with Gasteiger partial charge in [-0.3, -0.25) is 9.59 Å². The minimum absolute atomic E-state index is 0.235. The fraction of sp³-hybridized carbons (Fsp3) is 0.750. The Balaban J connectivity index is 2.78. The van der Waals surface area contributed by atoms with Gasteiger partial charge in [0.25, 0.3) is 0 Å². The van der Waals surface area contributed by atoms with Crippen molar-refractivity contribution in [3.05, 3.63) is 0 Å². The summed E-state index contributed by atoms with van der Waals surface area (Å²) in [5.41, 5.74) is -1.28. The van der Waals surface area contributed by atoms with Crippen LogP contribution in [0.4, 0.5) is 0 Å². The molecule has 0 aromatic carbocycles. The molecule has 1 aliphatic rings. The van der Waals surface area contributed by atoms with Crippen molar-refractivity contribution in [3.63, 3.8) is 0 Å². The molecule has 1 saturated heterocycles. The summed E-state index contributed by atoms with van der Waals surface area (Å²) in [4.78, 5) is 22.3. The molecule has 1 rings (SSSR count). The van der Waals surface area contributed by atoms with Crippen molar-refractivity contribution in [2.75, 3.05) is 18.1 Å². The van der Waals surface area contributed by atoms with Gasteiger partial charge in [-0.15, -0.1) is 0 Å². The van der Waals surface area contributed by atoms with Gasteiger partial charge >= 0.3 is 11.9 Å². The predicted molar refractivity (Wildman–Crippen MR) is 48.6 cm³/mol. The second-order valence-electron chi connectivity index (χ2n) is 2.91. The van der Waals surface area contributed by atoms with Crippen molar-refractivity contribution >= 4 is 23.7 Å². The summed E-state index contributed by atoms with van der Waals surface area (Å²) in [5.74, 6) is -0.602. The number of carboxylic acids is 1. The summed E-state index contributed by atoms with van der Waals surface area (Å²) >= 11 is 1.48. The maximum absolute atomic E-state index is 11.4. The van der Waals surface area contributed by atoms with Gasteiger partial charge in [0, 0.05) is 5.75 Å². The van der Waals surface area contributed by atoms with E-state index in [1.54, 1.807) is 6.92 Å². The molecular formula is C8H12O4S. The second-order valence-corrected chi connectivity index (χ2v) is 4.02. The summed E-state index contributed by atoms with van der Waals surface area (Å²) in [6.45, 7) is 1.91. The Labute approximate surface area is 80.6 Å². The standard InChI is InChI=1S/C8H12O4S/c1-2-12-7(11)8(6(9)10)3-4-13-5-8/h2-5H2,1H3,(H,9,10). The van der Waals surface area contributed by atoms with E-state index in [1.807, 2.05) is 0 Å². The van der Waals surface area contributed by atoms with E-state index >= 15 is 0 Å². The van der Waals surface area contributed by atoms with Crippen molar-refractivity contribution in [1.82, 2.24) is 0 Å². The Bertz CT molecular complexity index is 220. The molecule has 1 fully saturated rings. The number of thioether (sulfide) groups is 1. The van der Waals surface area contributed by atoms with Crippen LogP contribution in [-0.4, -0.2) is 35.2 Å². The normalized spacial score (nSPS) is 27.2. The Morgan fingerprint density at radius 3 is 2.69 bits per heavy atom. The molecule has 0 bridgehead atoms. The van der Waals surface area contributed by atoms with Crippen LogP contribution in [0.2, 0.25) is 0 Å². The average Bonchev–Trinajstić information content (AvgIpc) is 2.53. The number of carbonyl (C=O) groups excluding carboxylic acids is 1. The van der Waals surface area contributed by atoms with Crippen LogP contribution in [0, 0.1) is 5.41 Å². The quantitative estimate of drug-likeness (QED) is 0.543. The number of hydrogen-bond donors (Lipinski definition) is 1. The van der Waals surface area contributed by atoms with Crippen LogP contribution in [0.15, 0.2) is 0 Å². The Morgan fingerprint density at radius 1 is 1.62 bits per heavy atom. The summed E-state index contributed by atoms with van der Waals surface area (Å²) in [5, 5.41) is 8.95. The highest BCUT2D eigenvalue weighted by Gasteiger charge is 2.50. The molecule has 1 unspecified atom stereocenters. The Hall–Kier alpha value is -0.710. The number of carbonyl (C=O) groups is 2. The summed E-state index contributed by atoms with van der Waals surface area (Å²) < 4.78 is 4.76. The van der Waals surface area contributed by atoms with Crippen LogP contribution in [-0.2, 0) is 14.3 Å². The van der Waals surface area contributed by atoms with E-state index in [2.05, 4.69) is 0 Å². The first kappa shape index (κ1) is 10.4. The van der Waals surface area contributed by atoms with E-state index in [0.29, 0.717) is 17.9 Å². The second kappa shape index (κ2) is 4.00. The molecule has 0 amide bonds. The molecule has 0 aromatic heterocycles. The summed E-state index contributed by atoms with van der Waals surface area (Å²) in [6, 6.07) is 0. The van der Waals surface area contributed by atoms with E-state index in [1.165, 1.54) is 11.8 Å². The fourth-order valence-electron chi connectivity index (χ4n) is 1.25. The Morgan fingerprint density at radius 2 is 2.31 bits per heavy atom. The first-order chi connectivity index (χ1) is 6.13. The van der Waals surface area contributed by atoms with Gasteiger partial charge in [-0.1, -0.05) is 0 Å². The first-order valence-electron chi connectivity index (χ1n) is 4.12. The van der Waals surface area contributed by atoms with Crippen molar-refractivity contribution < 1.29 is 19.4 Å². The lowest BCUT2D eigenvalue weighted by atomic mass is 9.88. The molecule has 0 aliphatic carbocycles. The van der Waals surface area contributed by atoms with Crippen molar-refractivity contribution in [2.45, 2.75) is 13.3 Å². The molecule has 74 valence electrons. The van der Waals surface area contributed by atoms with Gasteiger partial charge in [0.2, 0.25) is 0 Å². The van der Waals surface area contributed by atoms with E-state index in [0.717, 1.165) is 0 Å².